The van der Waals surface area contributed by atoms with E-state index in [0.717, 1.165) is 46.1 Å². The van der Waals surface area contributed by atoms with Gasteiger partial charge in [0, 0.05) is 58.9 Å². The number of amides is 1. The van der Waals surface area contributed by atoms with E-state index in [1.54, 1.807) is 12.1 Å². The van der Waals surface area contributed by atoms with Crippen LogP contribution in [-0.4, -0.2) is 28.4 Å². The van der Waals surface area contributed by atoms with Crippen molar-refractivity contribution in [3.8, 4) is 0 Å². The minimum atomic E-state index is -0.513. The average molecular weight is 503 g/mol. The molecule has 0 saturated heterocycles. The summed E-state index contributed by atoms with van der Waals surface area (Å²) in [4.78, 5) is 29.9. The van der Waals surface area contributed by atoms with Gasteiger partial charge >= 0.3 is 0 Å². The van der Waals surface area contributed by atoms with Crippen molar-refractivity contribution in [2.24, 2.45) is 0 Å². The summed E-state index contributed by atoms with van der Waals surface area (Å²) in [5.41, 5.74) is 4.99. The van der Waals surface area contributed by atoms with Crippen molar-refractivity contribution in [2.75, 3.05) is 11.4 Å². The van der Waals surface area contributed by atoms with E-state index in [1.165, 1.54) is 12.1 Å². The molecule has 7 nitrogen and oxygen atoms in total. The van der Waals surface area contributed by atoms with Gasteiger partial charge in [0.25, 0.3) is 5.69 Å². The molecular weight excluding hydrogens is 476 g/mol. The van der Waals surface area contributed by atoms with Gasteiger partial charge in [0.15, 0.2) is 0 Å². The summed E-state index contributed by atoms with van der Waals surface area (Å²) in [6.45, 7) is 3.11. The second kappa shape index (κ2) is 10.1. The molecule has 0 spiro atoms. The lowest BCUT2D eigenvalue weighted by atomic mass is 9.90. The van der Waals surface area contributed by atoms with Crippen molar-refractivity contribution in [1.29, 1.82) is 0 Å². The second-order valence-electron chi connectivity index (χ2n) is 9.23. The number of fused-ring (bicyclic) bond motifs is 2. The number of hydrogen-bond donors (Lipinski definition) is 2. The van der Waals surface area contributed by atoms with E-state index >= 15 is 0 Å². The molecule has 4 aromatic rings. The van der Waals surface area contributed by atoms with Crippen LogP contribution in [0.2, 0.25) is 5.02 Å². The maximum Gasteiger partial charge on any atom is 0.269 e. The number of anilines is 1. The van der Waals surface area contributed by atoms with Gasteiger partial charge in [-0.2, -0.15) is 0 Å². The van der Waals surface area contributed by atoms with Gasteiger partial charge in [0.1, 0.15) is 0 Å². The number of benzene rings is 3. The lowest BCUT2D eigenvalue weighted by Gasteiger charge is -2.35. The van der Waals surface area contributed by atoms with Crippen molar-refractivity contribution in [2.45, 2.75) is 38.3 Å². The minimum absolute atomic E-state index is 0.00188. The molecule has 1 amide bonds. The van der Waals surface area contributed by atoms with Gasteiger partial charge in [-0.1, -0.05) is 48.9 Å². The Morgan fingerprint density at radius 2 is 1.94 bits per heavy atom. The smallest absolute Gasteiger partial charge is 0.269 e. The Kier molecular flexibility index (Phi) is 6.76. The van der Waals surface area contributed by atoms with Crippen LogP contribution in [0.5, 0.6) is 0 Å². The highest BCUT2D eigenvalue weighted by Gasteiger charge is 2.33. The molecule has 2 N–H and O–H groups in total. The van der Waals surface area contributed by atoms with Crippen LogP contribution in [0.25, 0.3) is 10.9 Å². The average Bonchev–Trinajstić information content (AvgIpc) is 3.32. The molecule has 0 bridgehead atoms. The van der Waals surface area contributed by atoms with Gasteiger partial charge in [-0.25, -0.2) is 0 Å². The third kappa shape index (κ3) is 4.72. The molecule has 8 heteroatoms. The van der Waals surface area contributed by atoms with Crippen LogP contribution in [-0.2, 0) is 17.8 Å². The topological polar surface area (TPSA) is 91.3 Å². The number of H-pyrrole nitrogens is 1. The number of carbonyl (C=O) groups is 1. The normalized spacial score (nSPS) is 14.9. The Balaban J connectivity index is 1.47. The first kappa shape index (κ1) is 24.0. The summed E-state index contributed by atoms with van der Waals surface area (Å²) in [6, 6.07) is 19.7. The van der Waals surface area contributed by atoms with E-state index in [2.05, 4.69) is 23.3 Å². The fraction of sp³-hybridized carbons (Fsp3) is 0.250. The van der Waals surface area contributed by atoms with Gasteiger partial charge in [-0.15, -0.1) is 0 Å². The first-order valence-electron chi connectivity index (χ1n) is 12.0. The standard InChI is InChI=1S/C28H27ClN4O3/c1-18(24-17-30-25-7-3-2-6-23(24)25)27(31-16-19-8-11-22(12-9-19)33(35)36)28(34)32-14-4-5-20-15-21(29)10-13-26(20)32/h2-3,6-13,15,17-18,27,30-31H,4-5,14,16H2,1H3. The van der Waals surface area contributed by atoms with Crippen molar-refractivity contribution in [3.63, 3.8) is 0 Å². The Bertz CT molecular complexity index is 1420. The Morgan fingerprint density at radius 1 is 1.17 bits per heavy atom. The number of aryl methyl sites for hydroxylation is 1. The summed E-state index contributed by atoms with van der Waals surface area (Å²) < 4.78 is 0. The number of nitrogens with zero attached hydrogens (tertiary/aromatic N) is 2. The molecular formula is C28H27ClN4O3. The van der Waals surface area contributed by atoms with E-state index < -0.39 is 11.0 Å². The van der Waals surface area contributed by atoms with Crippen molar-refractivity contribution < 1.29 is 9.72 Å². The number of nitrogens with one attached hydrogen (secondary N) is 2. The predicted molar refractivity (Wildman–Crippen MR) is 143 cm³/mol. The van der Waals surface area contributed by atoms with Crippen LogP contribution < -0.4 is 10.2 Å². The Morgan fingerprint density at radius 3 is 2.72 bits per heavy atom. The van der Waals surface area contributed by atoms with Crippen LogP contribution in [0.3, 0.4) is 0 Å². The van der Waals surface area contributed by atoms with Gasteiger partial charge in [0.2, 0.25) is 5.91 Å². The first-order valence-corrected chi connectivity index (χ1v) is 12.4. The number of nitro groups is 1. The molecule has 36 heavy (non-hydrogen) atoms. The molecule has 184 valence electrons. The minimum Gasteiger partial charge on any atom is -0.361 e. The van der Waals surface area contributed by atoms with Crippen LogP contribution in [0, 0.1) is 10.1 Å². The second-order valence-corrected chi connectivity index (χ2v) is 9.66. The van der Waals surface area contributed by atoms with E-state index in [-0.39, 0.29) is 17.5 Å². The van der Waals surface area contributed by atoms with Gasteiger partial charge in [0.05, 0.1) is 11.0 Å². The van der Waals surface area contributed by atoms with Gasteiger partial charge in [-0.3, -0.25) is 14.9 Å². The number of nitro benzene ring substituents is 1. The van der Waals surface area contributed by atoms with Gasteiger partial charge in [-0.05, 0) is 53.8 Å². The fourth-order valence-electron chi connectivity index (χ4n) is 5.05. The number of para-hydroxylation sites is 1. The third-order valence-electron chi connectivity index (χ3n) is 6.98. The van der Waals surface area contributed by atoms with Crippen LogP contribution in [0.15, 0.2) is 72.9 Å². The van der Waals surface area contributed by atoms with Crippen molar-refractivity contribution in [1.82, 2.24) is 10.3 Å². The van der Waals surface area contributed by atoms with E-state index in [0.29, 0.717) is 18.1 Å². The van der Waals surface area contributed by atoms with Crippen molar-refractivity contribution in [3.05, 3.63) is 105 Å². The van der Waals surface area contributed by atoms with E-state index in [1.807, 2.05) is 47.5 Å². The molecule has 0 radical (unpaired) electrons. The largest absolute Gasteiger partial charge is 0.361 e. The summed E-state index contributed by atoms with van der Waals surface area (Å²) in [5.74, 6) is -0.137. The number of carbonyl (C=O) groups excluding carboxylic acids is 1. The van der Waals surface area contributed by atoms with Crippen LogP contribution in [0.4, 0.5) is 11.4 Å². The summed E-state index contributed by atoms with van der Waals surface area (Å²) in [5, 5.41) is 16.3. The Hall–Kier alpha value is -3.68. The Labute approximate surface area is 214 Å². The first-order chi connectivity index (χ1) is 17.4. The summed E-state index contributed by atoms with van der Waals surface area (Å²) >= 11 is 6.23. The highest BCUT2D eigenvalue weighted by Crippen LogP contribution is 2.33. The molecule has 2 unspecified atom stereocenters. The number of aromatic amines is 1. The molecule has 2 atom stereocenters. The number of hydrogen-bond acceptors (Lipinski definition) is 4. The molecule has 1 aliphatic heterocycles. The number of aromatic nitrogens is 1. The maximum absolute atomic E-state index is 14.1. The zero-order valence-electron chi connectivity index (χ0n) is 19.9. The zero-order valence-corrected chi connectivity index (χ0v) is 20.7. The molecule has 5 rings (SSSR count). The lowest BCUT2D eigenvalue weighted by Crippen LogP contribution is -2.50. The lowest BCUT2D eigenvalue weighted by molar-refractivity contribution is -0.384. The fourth-order valence-corrected chi connectivity index (χ4v) is 5.25. The predicted octanol–water partition coefficient (Wildman–Crippen LogP) is 5.97. The van der Waals surface area contributed by atoms with Gasteiger partial charge < -0.3 is 15.2 Å². The van der Waals surface area contributed by atoms with Crippen molar-refractivity contribution >= 4 is 39.8 Å². The molecule has 0 fully saturated rings. The number of halogens is 1. The van der Waals surface area contributed by atoms with Crippen LogP contribution >= 0.6 is 11.6 Å². The maximum atomic E-state index is 14.1. The zero-order chi connectivity index (χ0) is 25.2. The van der Waals surface area contributed by atoms with Crippen LogP contribution in [0.1, 0.15) is 36.0 Å². The molecule has 1 aromatic heterocycles. The quantitative estimate of drug-likeness (QED) is 0.240. The highest BCUT2D eigenvalue weighted by molar-refractivity contribution is 6.30. The molecule has 2 heterocycles. The number of rotatable bonds is 7. The molecule has 3 aromatic carbocycles. The summed E-state index contributed by atoms with van der Waals surface area (Å²) in [7, 11) is 0. The monoisotopic (exact) mass is 502 g/mol. The third-order valence-corrected chi connectivity index (χ3v) is 7.21. The van der Waals surface area contributed by atoms with E-state index in [9.17, 15) is 14.9 Å². The molecule has 1 aliphatic rings. The SMILES string of the molecule is CC(c1c[nH]c2ccccc12)C(NCc1ccc([N+](=O)[O-])cc1)C(=O)N1CCCc2cc(Cl)ccc21. The number of non-ortho nitro benzene ring substituents is 1. The molecule has 0 aliphatic carbocycles. The molecule has 0 saturated carbocycles. The van der Waals surface area contributed by atoms with E-state index in [4.69, 9.17) is 11.6 Å². The summed E-state index contributed by atoms with van der Waals surface area (Å²) in [6.07, 6.45) is 3.74. The highest BCUT2D eigenvalue weighted by atomic mass is 35.5.